The van der Waals surface area contributed by atoms with Gasteiger partial charge in [-0.3, -0.25) is 4.79 Å². The minimum Gasteiger partial charge on any atom is -0.497 e. The second kappa shape index (κ2) is 7.31. The molecule has 1 aliphatic carbocycles. The molecular weight excluding hydrogens is 268 g/mol. The number of hydrogen-bond donors (Lipinski definition) is 2. The lowest BCUT2D eigenvalue weighted by Crippen LogP contribution is -2.36. The number of nitrogens with two attached hydrogens (primary N) is 1. The van der Waals surface area contributed by atoms with Crippen LogP contribution in [0.15, 0.2) is 18.2 Å². The Labute approximate surface area is 125 Å². The van der Waals surface area contributed by atoms with Gasteiger partial charge >= 0.3 is 0 Å². The molecule has 5 heteroatoms. The van der Waals surface area contributed by atoms with Gasteiger partial charge in [0.25, 0.3) is 5.91 Å². The normalized spacial score (nSPS) is 16.5. The molecule has 0 heterocycles. The summed E-state index contributed by atoms with van der Waals surface area (Å²) in [6.07, 6.45) is 4.51. The molecule has 0 spiro atoms. The van der Waals surface area contributed by atoms with Crippen LogP contribution in [0.3, 0.4) is 0 Å². The lowest BCUT2D eigenvalue weighted by Gasteiger charge is -2.16. The summed E-state index contributed by atoms with van der Waals surface area (Å²) in [7, 11) is 1.59. The molecule has 5 nitrogen and oxygen atoms in total. The van der Waals surface area contributed by atoms with Gasteiger partial charge in [-0.1, -0.05) is 18.9 Å². The van der Waals surface area contributed by atoms with Crippen LogP contribution in [0.5, 0.6) is 11.5 Å². The van der Waals surface area contributed by atoms with Crippen molar-refractivity contribution in [2.45, 2.75) is 44.7 Å². The molecule has 0 saturated heterocycles. The van der Waals surface area contributed by atoms with E-state index in [2.05, 4.69) is 5.32 Å². The zero-order valence-electron chi connectivity index (χ0n) is 12.7. The summed E-state index contributed by atoms with van der Waals surface area (Å²) in [5.74, 6) is 1.21. The van der Waals surface area contributed by atoms with Crippen LogP contribution in [-0.4, -0.2) is 25.7 Å². The maximum atomic E-state index is 11.9. The van der Waals surface area contributed by atoms with Crippen LogP contribution in [-0.2, 0) is 4.79 Å². The average Bonchev–Trinajstić information content (AvgIpc) is 2.97. The van der Waals surface area contributed by atoms with E-state index in [1.54, 1.807) is 13.2 Å². The first-order chi connectivity index (χ1) is 10.1. The fraction of sp³-hybridized carbons (Fsp3) is 0.562. The maximum absolute atomic E-state index is 11.9. The van der Waals surface area contributed by atoms with Crippen LogP contribution in [0.4, 0.5) is 0 Å². The Kier molecular flexibility index (Phi) is 5.44. The van der Waals surface area contributed by atoms with Gasteiger partial charge in [0.2, 0.25) is 0 Å². The molecule has 0 bridgehead atoms. The molecule has 1 aromatic rings. The number of hydrogen-bond acceptors (Lipinski definition) is 4. The van der Waals surface area contributed by atoms with E-state index in [9.17, 15) is 4.79 Å². The van der Waals surface area contributed by atoms with Crippen molar-refractivity contribution in [2.75, 3.05) is 13.7 Å². The van der Waals surface area contributed by atoms with Crippen molar-refractivity contribution in [2.24, 2.45) is 5.73 Å². The molecule has 1 fully saturated rings. The monoisotopic (exact) mass is 292 g/mol. The summed E-state index contributed by atoms with van der Waals surface area (Å²) in [4.78, 5) is 11.9. The van der Waals surface area contributed by atoms with Crippen LogP contribution < -0.4 is 20.5 Å². The third kappa shape index (κ3) is 4.36. The van der Waals surface area contributed by atoms with Crippen molar-refractivity contribution >= 4 is 5.91 Å². The van der Waals surface area contributed by atoms with E-state index < -0.39 is 0 Å². The molecule has 0 radical (unpaired) electrons. The van der Waals surface area contributed by atoms with Gasteiger partial charge < -0.3 is 20.5 Å². The number of rotatable bonds is 6. The van der Waals surface area contributed by atoms with Crippen LogP contribution in [0.2, 0.25) is 0 Å². The largest absolute Gasteiger partial charge is 0.497 e. The summed E-state index contributed by atoms with van der Waals surface area (Å²) in [6.45, 7) is 1.89. The van der Waals surface area contributed by atoms with Crippen LogP contribution in [0, 0.1) is 0 Å². The number of benzene rings is 1. The lowest BCUT2D eigenvalue weighted by molar-refractivity contribution is -0.123. The second-order valence-electron chi connectivity index (χ2n) is 5.53. The van der Waals surface area contributed by atoms with Gasteiger partial charge in [0, 0.05) is 23.7 Å². The summed E-state index contributed by atoms with van der Waals surface area (Å²) < 4.78 is 10.8. The van der Waals surface area contributed by atoms with E-state index in [0.717, 1.165) is 18.4 Å². The second-order valence-corrected chi connectivity index (χ2v) is 5.53. The van der Waals surface area contributed by atoms with E-state index >= 15 is 0 Å². The molecule has 2 rings (SSSR count). The van der Waals surface area contributed by atoms with Gasteiger partial charge in [-0.2, -0.15) is 0 Å². The van der Waals surface area contributed by atoms with Gasteiger partial charge in [0.15, 0.2) is 6.61 Å². The third-order valence-corrected chi connectivity index (χ3v) is 3.79. The third-order valence-electron chi connectivity index (χ3n) is 3.79. The fourth-order valence-electron chi connectivity index (χ4n) is 2.63. The highest BCUT2D eigenvalue weighted by molar-refractivity contribution is 5.78. The summed E-state index contributed by atoms with van der Waals surface area (Å²) in [6, 6.07) is 5.61. The molecule has 21 heavy (non-hydrogen) atoms. The highest BCUT2D eigenvalue weighted by Gasteiger charge is 2.18. The highest BCUT2D eigenvalue weighted by Crippen LogP contribution is 2.28. The number of methoxy groups -OCH3 is 1. The van der Waals surface area contributed by atoms with Gasteiger partial charge in [0.1, 0.15) is 11.5 Å². The fourth-order valence-corrected chi connectivity index (χ4v) is 2.63. The van der Waals surface area contributed by atoms with Gasteiger partial charge in [-0.15, -0.1) is 0 Å². The number of nitrogens with one attached hydrogen (secondary N) is 1. The maximum Gasteiger partial charge on any atom is 0.258 e. The Morgan fingerprint density at radius 3 is 2.76 bits per heavy atom. The number of ether oxygens (including phenoxy) is 2. The molecule has 1 unspecified atom stereocenters. The van der Waals surface area contributed by atoms with Crippen molar-refractivity contribution in [3.05, 3.63) is 23.8 Å². The molecule has 3 N–H and O–H groups in total. The smallest absolute Gasteiger partial charge is 0.258 e. The summed E-state index contributed by atoms with van der Waals surface area (Å²) in [5, 5.41) is 3.00. The van der Waals surface area contributed by atoms with Gasteiger partial charge in [-0.05, 0) is 25.8 Å². The molecule has 1 aliphatic rings. The van der Waals surface area contributed by atoms with Gasteiger partial charge in [0.05, 0.1) is 7.11 Å². The molecule has 1 aromatic carbocycles. The number of amides is 1. The van der Waals surface area contributed by atoms with Crippen LogP contribution in [0.25, 0.3) is 0 Å². The number of carbonyl (C=O) groups excluding carboxylic acids is 1. The van der Waals surface area contributed by atoms with E-state index in [1.807, 2.05) is 19.1 Å². The molecule has 1 atom stereocenters. The Balaban J connectivity index is 1.95. The van der Waals surface area contributed by atoms with Crippen LogP contribution in [0.1, 0.15) is 44.2 Å². The average molecular weight is 292 g/mol. The van der Waals surface area contributed by atoms with Crippen molar-refractivity contribution in [1.82, 2.24) is 5.32 Å². The first-order valence-electron chi connectivity index (χ1n) is 7.46. The van der Waals surface area contributed by atoms with Gasteiger partial charge in [-0.25, -0.2) is 0 Å². The van der Waals surface area contributed by atoms with E-state index in [1.165, 1.54) is 12.8 Å². The Morgan fingerprint density at radius 1 is 1.43 bits per heavy atom. The Morgan fingerprint density at radius 2 is 2.14 bits per heavy atom. The molecular formula is C16H24N2O3. The minimum absolute atomic E-state index is 0.00336. The predicted molar refractivity (Wildman–Crippen MR) is 81.5 cm³/mol. The Hall–Kier alpha value is -1.75. The van der Waals surface area contributed by atoms with E-state index in [0.29, 0.717) is 17.5 Å². The highest BCUT2D eigenvalue weighted by atomic mass is 16.5. The zero-order valence-corrected chi connectivity index (χ0v) is 12.7. The van der Waals surface area contributed by atoms with E-state index in [-0.39, 0.29) is 18.6 Å². The summed E-state index contributed by atoms with van der Waals surface area (Å²) >= 11 is 0. The van der Waals surface area contributed by atoms with Crippen molar-refractivity contribution < 1.29 is 14.3 Å². The summed E-state index contributed by atoms with van der Waals surface area (Å²) in [5.41, 5.74) is 6.79. The minimum atomic E-state index is -0.163. The molecule has 1 saturated carbocycles. The zero-order chi connectivity index (χ0) is 15.2. The van der Waals surface area contributed by atoms with Crippen LogP contribution >= 0.6 is 0 Å². The molecule has 116 valence electrons. The lowest BCUT2D eigenvalue weighted by atomic mass is 10.1. The topological polar surface area (TPSA) is 73.6 Å². The SMILES string of the molecule is COc1ccc(C(C)N)c(OCC(=O)NC2CCCC2)c1. The number of carbonyl (C=O) groups is 1. The van der Waals surface area contributed by atoms with Crippen molar-refractivity contribution in [3.63, 3.8) is 0 Å². The van der Waals surface area contributed by atoms with Crippen molar-refractivity contribution in [3.8, 4) is 11.5 Å². The first-order valence-corrected chi connectivity index (χ1v) is 7.46. The first kappa shape index (κ1) is 15.6. The van der Waals surface area contributed by atoms with Crippen molar-refractivity contribution in [1.29, 1.82) is 0 Å². The molecule has 1 amide bonds. The standard InChI is InChI=1S/C16H24N2O3/c1-11(17)14-8-7-13(20-2)9-15(14)21-10-16(19)18-12-5-3-4-6-12/h7-9,11-12H,3-6,10,17H2,1-2H3,(H,18,19). The Bertz CT molecular complexity index is 482. The van der Waals surface area contributed by atoms with E-state index in [4.69, 9.17) is 15.2 Å². The molecule has 0 aromatic heterocycles. The quantitative estimate of drug-likeness (QED) is 0.842. The molecule has 0 aliphatic heterocycles. The predicted octanol–water partition coefficient (Wildman–Crippen LogP) is 2.15.